The molecule has 1 atom stereocenters. The fourth-order valence-electron chi connectivity index (χ4n) is 2.52. The number of hydrogen-bond acceptors (Lipinski definition) is 5. The third kappa shape index (κ3) is 3.08. The van der Waals surface area contributed by atoms with E-state index in [4.69, 9.17) is 26.8 Å². The van der Waals surface area contributed by atoms with Crippen molar-refractivity contribution in [2.45, 2.75) is 12.5 Å². The van der Waals surface area contributed by atoms with Gasteiger partial charge >= 0.3 is 0 Å². The van der Waals surface area contributed by atoms with E-state index in [1.54, 1.807) is 12.1 Å². The lowest BCUT2D eigenvalue weighted by molar-refractivity contribution is 0.245. The fraction of sp³-hybridized carbons (Fsp3) is 0.267. The van der Waals surface area contributed by atoms with Crippen LogP contribution in [0.5, 0.6) is 11.5 Å². The highest BCUT2D eigenvalue weighted by atomic mass is 79.9. The lowest BCUT2D eigenvalue weighted by Gasteiger charge is -2.15. The maximum Gasteiger partial charge on any atom is 0.167 e. The molecule has 1 aromatic heterocycles. The van der Waals surface area contributed by atoms with Crippen LogP contribution >= 0.6 is 27.5 Å². The maximum atomic E-state index is 13.8. The number of anilines is 1. The molecule has 0 aliphatic carbocycles. The van der Waals surface area contributed by atoms with Gasteiger partial charge in [0.2, 0.25) is 0 Å². The summed E-state index contributed by atoms with van der Waals surface area (Å²) < 4.78 is 25.6. The zero-order valence-electron chi connectivity index (χ0n) is 11.9. The van der Waals surface area contributed by atoms with Crippen molar-refractivity contribution in [3.8, 4) is 11.5 Å². The number of nitrogens with two attached hydrogens (primary N) is 1. The van der Waals surface area contributed by atoms with Crippen molar-refractivity contribution < 1.29 is 19.0 Å². The van der Waals surface area contributed by atoms with Crippen molar-refractivity contribution >= 4 is 33.3 Å². The Bertz CT molecular complexity index is 760. The summed E-state index contributed by atoms with van der Waals surface area (Å²) in [5, 5.41) is 9.65. The van der Waals surface area contributed by atoms with Gasteiger partial charge in [0.25, 0.3) is 0 Å². The van der Waals surface area contributed by atoms with Gasteiger partial charge in [0.15, 0.2) is 11.6 Å². The summed E-state index contributed by atoms with van der Waals surface area (Å²) in [6.45, 7) is 0.155. The van der Waals surface area contributed by atoms with Crippen LogP contribution in [0.25, 0.3) is 0 Å². The van der Waals surface area contributed by atoms with Gasteiger partial charge in [-0.2, -0.15) is 0 Å². The normalized spacial score (nSPS) is 16.1. The van der Waals surface area contributed by atoms with E-state index < -0.39 is 12.4 Å². The molecule has 1 aromatic carbocycles. The Hall–Kier alpha value is -1.57. The van der Waals surface area contributed by atoms with E-state index in [-0.39, 0.29) is 29.1 Å². The molecular formula is C15H13BrClFN2O3. The van der Waals surface area contributed by atoms with Crippen LogP contribution in [0.15, 0.2) is 22.7 Å². The van der Waals surface area contributed by atoms with Crippen LogP contribution in [0, 0.1) is 5.82 Å². The van der Waals surface area contributed by atoms with Gasteiger partial charge in [0.05, 0.1) is 30.2 Å². The van der Waals surface area contributed by atoms with Crippen molar-refractivity contribution in [1.82, 2.24) is 4.98 Å². The first-order valence-electron chi connectivity index (χ1n) is 6.80. The van der Waals surface area contributed by atoms with Crippen LogP contribution in [0.4, 0.5) is 10.2 Å². The highest BCUT2D eigenvalue weighted by molar-refractivity contribution is 9.10. The Labute approximate surface area is 145 Å². The molecule has 1 aliphatic heterocycles. The van der Waals surface area contributed by atoms with Gasteiger partial charge in [0, 0.05) is 17.2 Å². The number of fused-ring (bicyclic) bond motifs is 1. The zero-order chi connectivity index (χ0) is 16.6. The molecule has 0 bridgehead atoms. The number of aromatic nitrogens is 1. The molecule has 8 heteroatoms. The Morgan fingerprint density at radius 1 is 1.52 bits per heavy atom. The minimum absolute atomic E-state index is 0.166. The Kier molecular flexibility index (Phi) is 4.61. The van der Waals surface area contributed by atoms with Gasteiger partial charge in [-0.15, -0.1) is 0 Å². The molecule has 23 heavy (non-hydrogen) atoms. The van der Waals surface area contributed by atoms with Crippen LogP contribution in [0.2, 0.25) is 5.15 Å². The summed E-state index contributed by atoms with van der Waals surface area (Å²) in [5.74, 6) is 0.428. The number of nitrogens with zero attached hydrogens (tertiary/aromatic N) is 1. The average Bonchev–Trinajstić information content (AvgIpc) is 2.93. The Balaban J connectivity index is 1.82. The molecule has 2 aromatic rings. The van der Waals surface area contributed by atoms with Gasteiger partial charge in [-0.25, -0.2) is 9.37 Å². The minimum atomic E-state index is -0.461. The Morgan fingerprint density at radius 3 is 3.04 bits per heavy atom. The predicted molar refractivity (Wildman–Crippen MR) is 87.4 cm³/mol. The van der Waals surface area contributed by atoms with Crippen molar-refractivity contribution in [2.75, 3.05) is 18.9 Å². The first kappa shape index (κ1) is 16.3. The molecule has 0 unspecified atom stereocenters. The van der Waals surface area contributed by atoms with E-state index in [1.807, 2.05) is 0 Å². The van der Waals surface area contributed by atoms with Gasteiger partial charge in [-0.1, -0.05) is 11.6 Å². The highest BCUT2D eigenvalue weighted by Gasteiger charge is 2.29. The molecular weight excluding hydrogens is 391 g/mol. The van der Waals surface area contributed by atoms with E-state index in [2.05, 4.69) is 20.9 Å². The quantitative estimate of drug-likeness (QED) is 0.766. The molecule has 0 spiro atoms. The number of aliphatic hydroxyl groups excluding tert-OH is 1. The number of hydrogen-bond donors (Lipinski definition) is 2. The summed E-state index contributed by atoms with van der Waals surface area (Å²) >= 11 is 9.11. The van der Waals surface area contributed by atoms with Crippen molar-refractivity contribution in [3.63, 3.8) is 0 Å². The van der Waals surface area contributed by atoms with Crippen LogP contribution in [0.3, 0.4) is 0 Å². The molecule has 3 N–H and O–H groups in total. The number of ether oxygens (including phenoxy) is 2. The molecule has 0 saturated heterocycles. The second-order valence-corrected chi connectivity index (χ2v) is 6.27. The topological polar surface area (TPSA) is 77.6 Å². The molecule has 0 saturated carbocycles. The molecule has 1 aliphatic rings. The van der Waals surface area contributed by atoms with E-state index >= 15 is 0 Å². The standard InChI is InChI=1S/C15H13BrClFN2O3/c16-9-3-12(15(19)20-14(9)17)23-6-7-5-22-11-2-1-10(18)8(4-21)13(7)11/h1-3,7,21H,4-6H2,(H2,19,20)/t7-/m1/s1. The van der Waals surface area contributed by atoms with Crippen LogP contribution < -0.4 is 15.2 Å². The zero-order valence-corrected chi connectivity index (χ0v) is 14.2. The third-order valence-electron chi connectivity index (χ3n) is 3.63. The number of rotatable bonds is 4. The largest absolute Gasteiger partial charge is 0.492 e. The van der Waals surface area contributed by atoms with E-state index in [0.717, 1.165) is 0 Å². The number of benzene rings is 1. The minimum Gasteiger partial charge on any atom is -0.492 e. The van der Waals surface area contributed by atoms with Crippen molar-refractivity contribution in [1.29, 1.82) is 0 Å². The second kappa shape index (κ2) is 6.51. The number of nitrogen functional groups attached to an aromatic ring is 1. The first-order valence-corrected chi connectivity index (χ1v) is 7.97. The first-order chi connectivity index (χ1) is 11.0. The van der Waals surface area contributed by atoms with Gasteiger partial charge in [-0.05, 0) is 28.1 Å². The SMILES string of the molecule is Nc1nc(Cl)c(Br)cc1OC[C@H]1COc2ccc(F)c(CO)c21. The molecule has 0 radical (unpaired) electrons. The van der Waals surface area contributed by atoms with Crippen molar-refractivity contribution in [2.24, 2.45) is 0 Å². The molecule has 5 nitrogen and oxygen atoms in total. The summed E-state index contributed by atoms with van der Waals surface area (Å²) in [5.41, 5.74) is 6.64. The number of pyridine rings is 1. The van der Waals surface area contributed by atoms with E-state index in [0.29, 0.717) is 28.1 Å². The fourth-order valence-corrected chi connectivity index (χ4v) is 2.97. The molecule has 0 amide bonds. The summed E-state index contributed by atoms with van der Waals surface area (Å²) in [4.78, 5) is 3.95. The van der Waals surface area contributed by atoms with Crippen LogP contribution in [-0.4, -0.2) is 23.3 Å². The number of halogens is 3. The monoisotopic (exact) mass is 402 g/mol. The number of aliphatic hydroxyl groups is 1. The van der Waals surface area contributed by atoms with Gasteiger partial charge in [-0.3, -0.25) is 0 Å². The summed E-state index contributed by atoms with van der Waals surface area (Å²) in [7, 11) is 0. The third-order valence-corrected chi connectivity index (χ3v) is 4.75. The molecule has 2 heterocycles. The second-order valence-electron chi connectivity index (χ2n) is 5.06. The van der Waals surface area contributed by atoms with Crippen molar-refractivity contribution in [3.05, 3.63) is 44.8 Å². The Morgan fingerprint density at radius 2 is 2.30 bits per heavy atom. The van der Waals surface area contributed by atoms with Crippen LogP contribution in [0.1, 0.15) is 17.0 Å². The summed E-state index contributed by atoms with van der Waals surface area (Å²) in [6, 6.07) is 4.46. The maximum absolute atomic E-state index is 13.8. The lowest BCUT2D eigenvalue weighted by Crippen LogP contribution is -2.14. The predicted octanol–water partition coefficient (Wildman–Crippen LogP) is 3.27. The van der Waals surface area contributed by atoms with E-state index in [9.17, 15) is 9.50 Å². The van der Waals surface area contributed by atoms with Gasteiger partial charge < -0.3 is 20.3 Å². The van der Waals surface area contributed by atoms with E-state index in [1.165, 1.54) is 6.07 Å². The molecule has 122 valence electrons. The molecule has 3 rings (SSSR count). The lowest BCUT2D eigenvalue weighted by atomic mass is 9.96. The molecule has 0 fully saturated rings. The van der Waals surface area contributed by atoms with Gasteiger partial charge in [0.1, 0.15) is 16.7 Å². The summed E-state index contributed by atoms with van der Waals surface area (Å²) in [6.07, 6.45) is 0. The van der Waals surface area contributed by atoms with Crippen LogP contribution in [-0.2, 0) is 6.61 Å². The average molecular weight is 404 g/mol. The highest BCUT2D eigenvalue weighted by Crippen LogP contribution is 2.39. The smallest absolute Gasteiger partial charge is 0.167 e.